The molecule has 0 saturated heterocycles. The molecule has 0 spiro atoms. The van der Waals surface area contributed by atoms with Crippen molar-refractivity contribution in [1.29, 1.82) is 0 Å². The molecule has 2 rings (SSSR count). The second-order valence-corrected chi connectivity index (χ2v) is 7.86. The maximum Gasteiger partial charge on any atom is 0.466 e. The Morgan fingerprint density at radius 1 is 1.08 bits per heavy atom. The molecular weight excluding hydrogens is 442 g/mol. The van der Waals surface area contributed by atoms with Crippen molar-refractivity contribution in [2.24, 2.45) is 0 Å². The molecule has 1 unspecified atom stereocenters. The molecule has 1 N–H and O–H groups in total. The summed E-state index contributed by atoms with van der Waals surface area (Å²) in [5, 5.41) is -4.76. The lowest BCUT2D eigenvalue weighted by molar-refractivity contribution is -0.151. The first-order valence-corrected chi connectivity index (χ1v) is 9.25. The van der Waals surface area contributed by atoms with Crippen LogP contribution in [0.15, 0.2) is 36.4 Å². The van der Waals surface area contributed by atoms with Gasteiger partial charge in [-0.2, -0.15) is 17.2 Å². The lowest BCUT2D eigenvalue weighted by Gasteiger charge is -2.15. The Morgan fingerprint density at radius 3 is 1.96 bits per heavy atom. The first-order chi connectivity index (χ1) is 11.9. The van der Waals surface area contributed by atoms with E-state index in [-0.39, 0.29) is 16.5 Å². The molecule has 0 aliphatic heterocycles. The first-order valence-electron chi connectivity index (χ1n) is 6.90. The van der Waals surface area contributed by atoms with E-state index >= 15 is 0 Å². The zero-order chi connectivity index (χ0) is 19.7. The van der Waals surface area contributed by atoms with E-state index < -0.39 is 37.9 Å². The molecule has 7 nitrogen and oxygen atoms in total. The summed E-state index contributed by atoms with van der Waals surface area (Å²) in [6, 6.07) is 8.19. The zero-order valence-electron chi connectivity index (χ0n) is 13.0. The van der Waals surface area contributed by atoms with E-state index in [1.807, 2.05) is 0 Å². The van der Waals surface area contributed by atoms with Gasteiger partial charge in [0.15, 0.2) is 0 Å². The highest BCUT2D eigenvalue weighted by Crippen LogP contribution is 2.35. The summed E-state index contributed by atoms with van der Waals surface area (Å²) in [7, 11) is -5.99. The minimum atomic E-state index is -5.99. The monoisotopic (exact) mass is 452 g/mol. The Morgan fingerprint density at radius 2 is 1.54 bits per heavy atom. The van der Waals surface area contributed by atoms with Crippen molar-refractivity contribution in [2.45, 2.75) is 17.0 Å². The SMILES string of the molecule is CC(Br)C(=O)Oc1ccc(OC(=O)C(F)(F)S(=O)(=O)O)c2ccccc12. The van der Waals surface area contributed by atoms with Crippen molar-refractivity contribution >= 4 is 48.8 Å². The molecule has 0 fully saturated rings. The average Bonchev–Trinajstić information content (AvgIpc) is 2.55. The molecule has 11 heteroatoms. The van der Waals surface area contributed by atoms with E-state index in [1.54, 1.807) is 6.07 Å². The fourth-order valence-corrected chi connectivity index (χ4v) is 2.22. The van der Waals surface area contributed by atoms with Gasteiger partial charge in [0.25, 0.3) is 0 Å². The topological polar surface area (TPSA) is 107 Å². The Hall–Kier alpha value is -2.11. The van der Waals surface area contributed by atoms with Crippen LogP contribution in [-0.4, -0.2) is 35.0 Å². The van der Waals surface area contributed by atoms with Gasteiger partial charge in [-0.25, -0.2) is 4.79 Å². The smallest absolute Gasteiger partial charge is 0.425 e. The summed E-state index contributed by atoms with van der Waals surface area (Å²) in [5.41, 5.74) is 0. The Balaban J connectivity index is 2.45. The van der Waals surface area contributed by atoms with E-state index in [9.17, 15) is 26.8 Å². The van der Waals surface area contributed by atoms with Gasteiger partial charge in [0.1, 0.15) is 16.3 Å². The quantitative estimate of drug-likeness (QED) is 0.321. The Labute approximate surface area is 154 Å². The summed E-state index contributed by atoms with van der Waals surface area (Å²) in [4.78, 5) is 22.6. The molecule has 2 aromatic carbocycles. The van der Waals surface area contributed by atoms with Crippen LogP contribution in [0.1, 0.15) is 6.92 Å². The standard InChI is InChI=1S/C15H11BrF2O7S/c1-8(16)13(19)24-11-6-7-12(10-5-3-2-4-9(10)11)25-14(20)15(17,18)26(21,22)23/h2-8H,1H3,(H,21,22,23). The first kappa shape index (κ1) is 20.2. The highest BCUT2D eigenvalue weighted by molar-refractivity contribution is 9.10. The van der Waals surface area contributed by atoms with Crippen LogP contribution in [0.4, 0.5) is 8.78 Å². The fourth-order valence-electron chi connectivity index (χ4n) is 1.88. The van der Waals surface area contributed by atoms with Crippen LogP contribution in [0.5, 0.6) is 11.5 Å². The van der Waals surface area contributed by atoms with Crippen molar-refractivity contribution in [3.63, 3.8) is 0 Å². The summed E-state index contributed by atoms with van der Waals surface area (Å²) >= 11 is 3.04. The van der Waals surface area contributed by atoms with Crippen molar-refractivity contribution in [3.8, 4) is 11.5 Å². The van der Waals surface area contributed by atoms with Gasteiger partial charge in [0.2, 0.25) is 0 Å². The molecule has 0 radical (unpaired) electrons. The van der Waals surface area contributed by atoms with Crippen LogP contribution in [-0.2, 0) is 19.7 Å². The summed E-state index contributed by atoms with van der Waals surface area (Å²) in [6.45, 7) is 1.54. The third-order valence-corrected chi connectivity index (χ3v) is 4.33. The minimum Gasteiger partial charge on any atom is -0.425 e. The molecule has 0 aromatic heterocycles. The van der Waals surface area contributed by atoms with E-state index in [1.165, 1.54) is 31.2 Å². The molecular formula is C15H11BrF2O7S. The van der Waals surface area contributed by atoms with Crippen LogP contribution in [0, 0.1) is 0 Å². The van der Waals surface area contributed by atoms with Gasteiger partial charge >= 0.3 is 27.3 Å². The number of alkyl halides is 3. The van der Waals surface area contributed by atoms with Crippen LogP contribution in [0.2, 0.25) is 0 Å². The third-order valence-electron chi connectivity index (χ3n) is 3.14. The molecule has 2 aromatic rings. The molecule has 140 valence electrons. The fraction of sp³-hybridized carbons (Fsp3) is 0.200. The largest absolute Gasteiger partial charge is 0.466 e. The van der Waals surface area contributed by atoms with E-state index in [0.717, 1.165) is 6.07 Å². The molecule has 0 aliphatic rings. The number of carbonyl (C=O) groups is 2. The van der Waals surface area contributed by atoms with Gasteiger partial charge in [-0.1, -0.05) is 40.2 Å². The summed E-state index contributed by atoms with van der Waals surface area (Å²) in [6.07, 6.45) is 0. The molecule has 0 saturated carbocycles. The minimum absolute atomic E-state index is 0.0817. The number of esters is 2. The van der Waals surface area contributed by atoms with Crippen LogP contribution in [0.3, 0.4) is 0 Å². The van der Waals surface area contributed by atoms with E-state index in [4.69, 9.17) is 9.29 Å². The van der Waals surface area contributed by atoms with E-state index in [2.05, 4.69) is 20.7 Å². The second kappa shape index (κ2) is 7.25. The van der Waals surface area contributed by atoms with Crippen molar-refractivity contribution < 1.29 is 40.8 Å². The predicted octanol–water partition coefficient (Wildman–Crippen LogP) is 2.91. The second-order valence-electron chi connectivity index (χ2n) is 5.03. The summed E-state index contributed by atoms with van der Waals surface area (Å²) in [5.74, 6) is -3.40. The lowest BCUT2D eigenvalue weighted by atomic mass is 10.1. The van der Waals surface area contributed by atoms with Gasteiger partial charge < -0.3 is 9.47 Å². The molecule has 26 heavy (non-hydrogen) atoms. The maximum atomic E-state index is 13.4. The third kappa shape index (κ3) is 4.00. The number of carbonyl (C=O) groups excluding carboxylic acids is 2. The number of halogens is 3. The number of hydrogen-bond donors (Lipinski definition) is 1. The van der Waals surface area contributed by atoms with Crippen LogP contribution >= 0.6 is 15.9 Å². The highest BCUT2D eigenvalue weighted by Gasteiger charge is 2.54. The van der Waals surface area contributed by atoms with Gasteiger partial charge in [0, 0.05) is 10.8 Å². The lowest BCUT2D eigenvalue weighted by Crippen LogP contribution is -2.40. The molecule has 0 amide bonds. The van der Waals surface area contributed by atoms with Crippen molar-refractivity contribution in [2.75, 3.05) is 0 Å². The zero-order valence-corrected chi connectivity index (χ0v) is 15.4. The number of rotatable bonds is 5. The molecule has 0 bridgehead atoms. The maximum absolute atomic E-state index is 13.4. The number of ether oxygens (including phenoxy) is 2. The van der Waals surface area contributed by atoms with Gasteiger partial charge in [-0.3, -0.25) is 9.35 Å². The van der Waals surface area contributed by atoms with Crippen LogP contribution in [0.25, 0.3) is 10.8 Å². The molecule has 0 heterocycles. The van der Waals surface area contributed by atoms with Gasteiger partial charge in [-0.05, 0) is 19.1 Å². The number of fused-ring (bicyclic) bond motifs is 1. The number of hydrogen-bond acceptors (Lipinski definition) is 6. The van der Waals surface area contributed by atoms with Gasteiger partial charge in [-0.15, -0.1) is 0 Å². The normalized spacial score (nSPS) is 13.3. The van der Waals surface area contributed by atoms with Crippen LogP contribution < -0.4 is 9.47 Å². The molecule has 1 atom stereocenters. The van der Waals surface area contributed by atoms with Crippen molar-refractivity contribution in [1.82, 2.24) is 0 Å². The van der Waals surface area contributed by atoms with Crippen molar-refractivity contribution in [3.05, 3.63) is 36.4 Å². The van der Waals surface area contributed by atoms with Gasteiger partial charge in [0.05, 0.1) is 0 Å². The average molecular weight is 453 g/mol. The Kier molecular flexibility index (Phi) is 5.64. The van der Waals surface area contributed by atoms with E-state index in [0.29, 0.717) is 0 Å². The highest BCUT2D eigenvalue weighted by atomic mass is 79.9. The predicted molar refractivity (Wildman–Crippen MR) is 90.1 cm³/mol. The number of benzene rings is 2. The molecule has 0 aliphatic carbocycles. The summed E-state index contributed by atoms with van der Waals surface area (Å²) < 4.78 is 66.1. The Bertz CT molecular complexity index is 973.